The van der Waals surface area contributed by atoms with Crippen molar-refractivity contribution >= 4 is 29.0 Å². The summed E-state index contributed by atoms with van der Waals surface area (Å²) in [4.78, 5) is 24.0. The Morgan fingerprint density at radius 3 is 2.61 bits per heavy atom. The smallest absolute Gasteiger partial charge is 0.398 e. The van der Waals surface area contributed by atoms with Crippen molar-refractivity contribution in [2.75, 3.05) is 24.0 Å². The summed E-state index contributed by atoms with van der Waals surface area (Å²) in [5.41, 5.74) is -0.170. The Balaban J connectivity index is 2.16. The Kier molecular flexibility index (Phi) is 3.31. The van der Waals surface area contributed by atoms with Crippen molar-refractivity contribution in [2.24, 2.45) is 10.1 Å². The summed E-state index contributed by atoms with van der Waals surface area (Å²) >= 11 is 0. The van der Waals surface area contributed by atoms with Crippen molar-refractivity contribution in [3.8, 4) is 0 Å². The van der Waals surface area contributed by atoms with E-state index in [1.54, 1.807) is 11.8 Å². The highest BCUT2D eigenvalue weighted by Gasteiger charge is 2.43. The molecule has 0 N–H and O–H groups in total. The Morgan fingerprint density at radius 2 is 2.00 bits per heavy atom. The third-order valence-corrected chi connectivity index (χ3v) is 3.81. The number of halogens is 3. The molecule has 1 atom stereocenters. The molecular weight excluding hydrogens is 313 g/mol. The summed E-state index contributed by atoms with van der Waals surface area (Å²) < 4.78 is 38.7. The van der Waals surface area contributed by atoms with E-state index in [-0.39, 0.29) is 17.4 Å². The second-order valence-electron chi connectivity index (χ2n) is 5.18. The fraction of sp³-hybridized carbons (Fsp3) is 0.357. The molecule has 1 aromatic carbocycles. The third kappa shape index (κ3) is 2.23. The summed E-state index contributed by atoms with van der Waals surface area (Å²) in [6.45, 7) is 1.74. The van der Waals surface area contributed by atoms with Crippen LogP contribution in [0.5, 0.6) is 0 Å². The van der Waals surface area contributed by atoms with E-state index in [0.717, 1.165) is 17.0 Å². The predicted octanol–water partition coefficient (Wildman–Crippen LogP) is 2.25. The second-order valence-corrected chi connectivity index (χ2v) is 5.18. The van der Waals surface area contributed by atoms with Gasteiger partial charge in [0.1, 0.15) is 7.11 Å². The number of aliphatic imine (C=N–C) groups is 1. The zero-order chi connectivity index (χ0) is 16.9. The minimum absolute atomic E-state index is 0.114. The first-order valence-corrected chi connectivity index (χ1v) is 6.74. The predicted molar refractivity (Wildman–Crippen MR) is 78.7 cm³/mol. The molecule has 2 heterocycles. The van der Waals surface area contributed by atoms with Gasteiger partial charge in [-0.15, -0.1) is 0 Å². The van der Waals surface area contributed by atoms with Crippen LogP contribution >= 0.6 is 0 Å². The largest absolute Gasteiger partial charge is 0.416 e. The van der Waals surface area contributed by atoms with Crippen molar-refractivity contribution in [1.82, 2.24) is 0 Å². The Bertz CT molecular complexity index is 742. The number of amides is 1. The number of oxime groups is 1. The number of nitrogens with zero attached hydrogens (tertiary/aromatic N) is 4. The monoisotopic (exact) mass is 326 g/mol. The molecule has 0 aromatic heterocycles. The highest BCUT2D eigenvalue weighted by molar-refractivity contribution is 6.53. The van der Waals surface area contributed by atoms with Crippen LogP contribution in [0.15, 0.2) is 28.3 Å². The molecule has 122 valence electrons. The minimum atomic E-state index is -4.48. The molecule has 0 saturated carbocycles. The van der Waals surface area contributed by atoms with Gasteiger partial charge in [0.05, 0.1) is 23.0 Å². The lowest BCUT2D eigenvalue weighted by Crippen LogP contribution is -2.49. The van der Waals surface area contributed by atoms with Crippen LogP contribution in [-0.2, 0) is 15.8 Å². The number of likely N-dealkylation sites (N-methyl/N-ethyl adjacent to an activating group) is 1. The summed E-state index contributed by atoms with van der Waals surface area (Å²) in [5.74, 6) is -0.0926. The van der Waals surface area contributed by atoms with Gasteiger partial charge in [-0.1, -0.05) is 5.16 Å². The van der Waals surface area contributed by atoms with Gasteiger partial charge < -0.3 is 14.6 Å². The van der Waals surface area contributed by atoms with Crippen molar-refractivity contribution in [3.05, 3.63) is 23.8 Å². The molecular formula is C14H13F3N4O2. The molecule has 3 rings (SSSR count). The molecule has 0 bridgehead atoms. The van der Waals surface area contributed by atoms with E-state index in [1.165, 1.54) is 20.2 Å². The maximum Gasteiger partial charge on any atom is 0.416 e. The molecule has 0 saturated heterocycles. The van der Waals surface area contributed by atoms with Crippen LogP contribution < -0.4 is 9.80 Å². The van der Waals surface area contributed by atoms with Crippen LogP contribution in [0.3, 0.4) is 0 Å². The van der Waals surface area contributed by atoms with Crippen molar-refractivity contribution in [2.45, 2.75) is 19.1 Å². The van der Waals surface area contributed by atoms with Crippen LogP contribution in [-0.4, -0.2) is 37.8 Å². The van der Waals surface area contributed by atoms with Gasteiger partial charge in [-0.2, -0.15) is 13.2 Å². The number of fused-ring (bicyclic) bond motifs is 3. The average molecular weight is 326 g/mol. The second kappa shape index (κ2) is 4.97. The van der Waals surface area contributed by atoms with Crippen LogP contribution in [0.2, 0.25) is 0 Å². The summed E-state index contributed by atoms with van der Waals surface area (Å²) in [6.07, 6.45) is -4.48. The number of rotatable bonds is 1. The molecule has 9 heteroatoms. The maximum atomic E-state index is 12.9. The lowest BCUT2D eigenvalue weighted by Gasteiger charge is -2.35. The lowest BCUT2D eigenvalue weighted by molar-refractivity contribution is -0.137. The van der Waals surface area contributed by atoms with E-state index < -0.39 is 23.7 Å². The number of amidine groups is 2. The Hall–Kier alpha value is -2.58. The van der Waals surface area contributed by atoms with Crippen molar-refractivity contribution < 1.29 is 22.8 Å². The van der Waals surface area contributed by atoms with E-state index in [9.17, 15) is 18.0 Å². The summed E-state index contributed by atoms with van der Waals surface area (Å²) in [6, 6.07) is 2.86. The third-order valence-electron chi connectivity index (χ3n) is 3.81. The molecule has 2 aliphatic heterocycles. The maximum absolute atomic E-state index is 12.9. The molecule has 0 spiro atoms. The standard InChI is InChI=1S/C14H13F3N4O2/c1-7-11(19-23-3)18-12-13(22)20(2)10-6-8(14(15,16)17)4-5-9(10)21(7)12/h4-7H,1-3H3. The number of carbonyl (C=O) groups is 1. The first-order valence-electron chi connectivity index (χ1n) is 6.74. The number of benzene rings is 1. The molecule has 23 heavy (non-hydrogen) atoms. The average Bonchev–Trinajstić information content (AvgIpc) is 2.81. The van der Waals surface area contributed by atoms with Crippen LogP contribution in [0.4, 0.5) is 24.5 Å². The number of hydrogen-bond acceptors (Lipinski definition) is 4. The molecule has 6 nitrogen and oxygen atoms in total. The van der Waals surface area contributed by atoms with Gasteiger partial charge in [-0.25, -0.2) is 4.99 Å². The van der Waals surface area contributed by atoms with Crippen LogP contribution in [0.1, 0.15) is 12.5 Å². The topological polar surface area (TPSA) is 57.5 Å². The van der Waals surface area contributed by atoms with E-state index in [4.69, 9.17) is 4.84 Å². The van der Waals surface area contributed by atoms with Gasteiger partial charge in [0.25, 0.3) is 5.91 Å². The normalized spacial score (nSPS) is 22.2. The highest BCUT2D eigenvalue weighted by Crippen LogP contribution is 2.41. The number of anilines is 2. The zero-order valence-electron chi connectivity index (χ0n) is 12.5. The van der Waals surface area contributed by atoms with Crippen molar-refractivity contribution in [1.29, 1.82) is 0 Å². The highest BCUT2D eigenvalue weighted by atomic mass is 19.4. The van der Waals surface area contributed by atoms with E-state index in [0.29, 0.717) is 5.69 Å². The number of carbonyl (C=O) groups excluding carboxylic acids is 1. The SMILES string of the molecule is CON=C1N=C2C(=O)N(C)c3cc(C(F)(F)F)ccc3N2C1C. The minimum Gasteiger partial charge on any atom is -0.398 e. The van der Waals surface area contributed by atoms with Gasteiger partial charge in [0, 0.05) is 7.05 Å². The molecule has 1 unspecified atom stereocenters. The quantitative estimate of drug-likeness (QED) is 0.744. The van der Waals surface area contributed by atoms with Gasteiger partial charge >= 0.3 is 6.18 Å². The fourth-order valence-electron chi connectivity index (χ4n) is 2.65. The molecule has 0 radical (unpaired) electrons. The summed E-state index contributed by atoms with van der Waals surface area (Å²) in [5, 5.41) is 3.75. The zero-order valence-corrected chi connectivity index (χ0v) is 12.5. The van der Waals surface area contributed by atoms with Gasteiger partial charge in [-0.3, -0.25) is 4.79 Å². The van der Waals surface area contributed by atoms with E-state index in [2.05, 4.69) is 10.1 Å². The van der Waals surface area contributed by atoms with E-state index in [1.807, 2.05) is 0 Å². The first kappa shape index (κ1) is 15.3. The van der Waals surface area contributed by atoms with Crippen LogP contribution in [0, 0.1) is 0 Å². The molecule has 0 aliphatic carbocycles. The number of hydrogen-bond donors (Lipinski definition) is 0. The van der Waals surface area contributed by atoms with Crippen molar-refractivity contribution in [3.63, 3.8) is 0 Å². The number of alkyl halides is 3. The van der Waals surface area contributed by atoms with Crippen LogP contribution in [0.25, 0.3) is 0 Å². The summed E-state index contributed by atoms with van der Waals surface area (Å²) in [7, 11) is 2.77. The first-order chi connectivity index (χ1) is 10.8. The Morgan fingerprint density at radius 1 is 1.30 bits per heavy atom. The lowest BCUT2D eigenvalue weighted by atomic mass is 10.1. The van der Waals surface area contributed by atoms with Gasteiger partial charge in [0.15, 0.2) is 5.84 Å². The van der Waals surface area contributed by atoms with Gasteiger partial charge in [-0.05, 0) is 25.1 Å². The molecule has 0 fully saturated rings. The van der Waals surface area contributed by atoms with E-state index >= 15 is 0 Å². The fourth-order valence-corrected chi connectivity index (χ4v) is 2.65. The Labute approximate surface area is 129 Å². The van der Waals surface area contributed by atoms with Gasteiger partial charge in [0.2, 0.25) is 5.84 Å². The molecule has 2 aliphatic rings. The molecule has 1 amide bonds. The molecule has 1 aromatic rings.